The molecule has 0 saturated heterocycles. The number of hydrogen-bond acceptors (Lipinski definition) is 3. The highest BCUT2D eigenvalue weighted by Crippen LogP contribution is 2.37. The standard InChI is InChI=1S/C12H17ClO3S/c1-7-4-9(17-11(7)13)8(14)5-12(2,3)6-10(15)16/h4,8,14H,5-6H2,1-3H3,(H,15,16). The number of aliphatic hydroxyl groups is 1. The molecule has 1 unspecified atom stereocenters. The molecule has 0 aliphatic carbocycles. The van der Waals surface area contributed by atoms with Crippen LogP contribution in [0.5, 0.6) is 0 Å². The van der Waals surface area contributed by atoms with Gasteiger partial charge >= 0.3 is 5.97 Å². The molecule has 2 N–H and O–H groups in total. The predicted molar refractivity (Wildman–Crippen MR) is 69.7 cm³/mol. The molecule has 0 amide bonds. The summed E-state index contributed by atoms with van der Waals surface area (Å²) >= 11 is 7.29. The zero-order valence-electron chi connectivity index (χ0n) is 10.2. The third-order valence-electron chi connectivity index (χ3n) is 2.58. The SMILES string of the molecule is Cc1cc(C(O)CC(C)(C)CC(=O)O)sc1Cl. The second-order valence-corrected chi connectivity index (χ2v) is 6.75. The fourth-order valence-corrected chi connectivity index (χ4v) is 2.96. The molecule has 0 radical (unpaired) electrons. The van der Waals surface area contributed by atoms with Crippen molar-refractivity contribution in [2.45, 2.75) is 39.7 Å². The number of thiophene rings is 1. The van der Waals surface area contributed by atoms with E-state index >= 15 is 0 Å². The summed E-state index contributed by atoms with van der Waals surface area (Å²) in [5, 5.41) is 18.8. The number of aliphatic carboxylic acids is 1. The van der Waals surface area contributed by atoms with E-state index < -0.39 is 17.5 Å². The molecule has 0 aliphatic heterocycles. The fraction of sp³-hybridized carbons (Fsp3) is 0.583. The molecule has 0 bridgehead atoms. The molecular formula is C12H17ClO3S. The summed E-state index contributed by atoms with van der Waals surface area (Å²) in [7, 11) is 0. The van der Waals surface area contributed by atoms with Gasteiger partial charge in [0.05, 0.1) is 16.9 Å². The summed E-state index contributed by atoms with van der Waals surface area (Å²) in [5.74, 6) is -0.845. The van der Waals surface area contributed by atoms with Gasteiger partial charge in [0.1, 0.15) is 0 Å². The van der Waals surface area contributed by atoms with Crippen molar-refractivity contribution in [1.82, 2.24) is 0 Å². The van der Waals surface area contributed by atoms with Crippen molar-refractivity contribution in [3.63, 3.8) is 0 Å². The largest absolute Gasteiger partial charge is 0.481 e. The molecule has 0 saturated carbocycles. The number of aliphatic hydroxyl groups excluding tert-OH is 1. The van der Waals surface area contributed by atoms with Crippen molar-refractivity contribution in [1.29, 1.82) is 0 Å². The van der Waals surface area contributed by atoms with Crippen molar-refractivity contribution < 1.29 is 15.0 Å². The first-order chi connectivity index (χ1) is 7.71. The van der Waals surface area contributed by atoms with Gasteiger partial charge in [-0.2, -0.15) is 0 Å². The van der Waals surface area contributed by atoms with E-state index in [-0.39, 0.29) is 6.42 Å². The maximum atomic E-state index is 10.7. The van der Waals surface area contributed by atoms with Crippen molar-refractivity contribution in [3.05, 3.63) is 20.8 Å². The normalized spacial score (nSPS) is 13.7. The van der Waals surface area contributed by atoms with Crippen LogP contribution >= 0.6 is 22.9 Å². The average molecular weight is 277 g/mol. The Bertz CT molecular complexity index is 392. The van der Waals surface area contributed by atoms with E-state index in [1.165, 1.54) is 11.3 Å². The van der Waals surface area contributed by atoms with Crippen LogP contribution in [-0.4, -0.2) is 16.2 Å². The van der Waals surface area contributed by atoms with Gasteiger partial charge in [0.2, 0.25) is 0 Å². The molecule has 0 aromatic carbocycles. The second kappa shape index (κ2) is 5.38. The van der Waals surface area contributed by atoms with Crippen LogP contribution in [0.15, 0.2) is 6.07 Å². The quantitative estimate of drug-likeness (QED) is 0.863. The van der Waals surface area contributed by atoms with Crippen molar-refractivity contribution in [3.8, 4) is 0 Å². The number of carbonyl (C=O) groups is 1. The Morgan fingerprint density at radius 2 is 2.18 bits per heavy atom. The van der Waals surface area contributed by atoms with Crippen LogP contribution in [0, 0.1) is 12.3 Å². The van der Waals surface area contributed by atoms with Gasteiger partial charge in [-0.25, -0.2) is 0 Å². The van der Waals surface area contributed by atoms with Crippen LogP contribution in [0.3, 0.4) is 0 Å². The molecule has 0 aliphatic rings. The summed E-state index contributed by atoms with van der Waals surface area (Å²) in [6.07, 6.45) is -0.196. The minimum absolute atomic E-state index is 0.0438. The first-order valence-corrected chi connectivity index (χ1v) is 6.56. The molecule has 1 aromatic rings. The number of carboxylic acids is 1. The summed E-state index contributed by atoms with van der Waals surface area (Å²) in [4.78, 5) is 11.5. The molecule has 5 heteroatoms. The molecule has 3 nitrogen and oxygen atoms in total. The van der Waals surface area contributed by atoms with Gasteiger partial charge in [-0.15, -0.1) is 11.3 Å². The van der Waals surface area contributed by atoms with Gasteiger partial charge in [-0.3, -0.25) is 4.79 Å². The fourth-order valence-electron chi connectivity index (χ4n) is 1.75. The third kappa shape index (κ3) is 4.30. The molecule has 1 heterocycles. The zero-order valence-corrected chi connectivity index (χ0v) is 11.7. The number of aryl methyl sites for hydroxylation is 1. The number of hydrogen-bond donors (Lipinski definition) is 2. The summed E-state index contributed by atoms with van der Waals surface area (Å²) in [5.41, 5.74) is 0.511. The van der Waals surface area contributed by atoms with E-state index in [1.54, 1.807) is 0 Å². The Labute approximate surface area is 110 Å². The Morgan fingerprint density at radius 1 is 1.59 bits per heavy atom. The first kappa shape index (κ1) is 14.5. The van der Waals surface area contributed by atoms with E-state index in [0.29, 0.717) is 10.8 Å². The van der Waals surface area contributed by atoms with Crippen molar-refractivity contribution in [2.24, 2.45) is 5.41 Å². The Balaban J connectivity index is 2.71. The number of carboxylic acid groups (broad SMARTS) is 1. The third-order valence-corrected chi connectivity index (χ3v) is 4.24. The minimum Gasteiger partial charge on any atom is -0.481 e. The van der Waals surface area contributed by atoms with Crippen LogP contribution in [0.2, 0.25) is 4.34 Å². The Hall–Kier alpha value is -0.580. The average Bonchev–Trinajstić information content (AvgIpc) is 2.43. The van der Waals surface area contributed by atoms with Gasteiger partial charge in [0.25, 0.3) is 0 Å². The van der Waals surface area contributed by atoms with E-state index in [4.69, 9.17) is 16.7 Å². The van der Waals surface area contributed by atoms with Crippen LogP contribution in [0.25, 0.3) is 0 Å². The van der Waals surface area contributed by atoms with Gasteiger partial charge in [0.15, 0.2) is 0 Å². The van der Waals surface area contributed by atoms with Crippen LogP contribution in [0.4, 0.5) is 0 Å². The minimum atomic E-state index is -0.845. The molecule has 1 aromatic heterocycles. The lowest BCUT2D eigenvalue weighted by molar-refractivity contribution is -0.139. The maximum absolute atomic E-state index is 10.7. The summed E-state index contributed by atoms with van der Waals surface area (Å²) < 4.78 is 0.676. The smallest absolute Gasteiger partial charge is 0.303 e. The molecule has 1 rings (SSSR count). The van der Waals surface area contributed by atoms with Crippen LogP contribution in [-0.2, 0) is 4.79 Å². The Kier molecular flexibility index (Phi) is 4.58. The molecule has 0 spiro atoms. The van der Waals surface area contributed by atoms with E-state index in [0.717, 1.165) is 10.4 Å². The van der Waals surface area contributed by atoms with Gasteiger partial charge in [-0.1, -0.05) is 25.4 Å². The first-order valence-electron chi connectivity index (χ1n) is 5.37. The topological polar surface area (TPSA) is 57.5 Å². The van der Waals surface area contributed by atoms with E-state index in [9.17, 15) is 9.90 Å². The number of halogens is 1. The summed E-state index contributed by atoms with van der Waals surface area (Å²) in [6, 6.07) is 1.86. The lowest BCUT2D eigenvalue weighted by Crippen LogP contribution is -2.19. The molecule has 96 valence electrons. The monoisotopic (exact) mass is 276 g/mol. The Morgan fingerprint density at radius 3 is 2.59 bits per heavy atom. The van der Waals surface area contributed by atoms with Crippen LogP contribution < -0.4 is 0 Å². The van der Waals surface area contributed by atoms with Crippen molar-refractivity contribution in [2.75, 3.05) is 0 Å². The highest BCUT2D eigenvalue weighted by atomic mass is 35.5. The molecular weight excluding hydrogens is 260 g/mol. The predicted octanol–water partition coefficient (Wildman–Crippen LogP) is 3.63. The maximum Gasteiger partial charge on any atom is 0.303 e. The number of rotatable bonds is 5. The second-order valence-electron chi connectivity index (χ2n) is 5.06. The van der Waals surface area contributed by atoms with Crippen LogP contribution in [0.1, 0.15) is 43.2 Å². The molecule has 17 heavy (non-hydrogen) atoms. The van der Waals surface area contributed by atoms with Gasteiger partial charge in [-0.05, 0) is 30.4 Å². The van der Waals surface area contributed by atoms with Crippen molar-refractivity contribution >= 4 is 28.9 Å². The lowest BCUT2D eigenvalue weighted by atomic mass is 9.83. The van der Waals surface area contributed by atoms with Gasteiger partial charge < -0.3 is 10.2 Å². The van der Waals surface area contributed by atoms with Gasteiger partial charge in [0, 0.05) is 4.88 Å². The lowest BCUT2D eigenvalue weighted by Gasteiger charge is -2.24. The molecule has 1 atom stereocenters. The summed E-state index contributed by atoms with van der Waals surface area (Å²) in [6.45, 7) is 5.57. The highest BCUT2D eigenvalue weighted by Gasteiger charge is 2.26. The van der Waals surface area contributed by atoms with E-state index in [2.05, 4.69) is 0 Å². The zero-order chi connectivity index (χ0) is 13.2. The van der Waals surface area contributed by atoms with E-state index in [1.807, 2.05) is 26.8 Å². The highest BCUT2D eigenvalue weighted by molar-refractivity contribution is 7.16. The molecule has 0 fully saturated rings.